The molecule has 0 aliphatic carbocycles. The Balaban J connectivity index is 2.10. The van der Waals surface area contributed by atoms with Crippen LogP contribution in [0.15, 0.2) is 12.1 Å². The summed E-state index contributed by atoms with van der Waals surface area (Å²) < 4.78 is 11.0. The van der Waals surface area contributed by atoms with Crippen LogP contribution in [0.2, 0.25) is 0 Å². The van der Waals surface area contributed by atoms with Crippen molar-refractivity contribution >= 4 is 11.9 Å². The van der Waals surface area contributed by atoms with E-state index in [1.165, 1.54) is 14.0 Å². The topological polar surface area (TPSA) is 105 Å². The van der Waals surface area contributed by atoms with E-state index in [0.717, 1.165) is 5.56 Å². The van der Waals surface area contributed by atoms with Gasteiger partial charge in [0.1, 0.15) is 17.4 Å². The summed E-state index contributed by atoms with van der Waals surface area (Å²) in [5, 5.41) is 21.0. The van der Waals surface area contributed by atoms with E-state index in [1.807, 2.05) is 0 Å². The molecule has 1 aromatic rings. The maximum absolute atomic E-state index is 12.0. The first-order valence-electron chi connectivity index (χ1n) is 7.35. The van der Waals surface area contributed by atoms with E-state index in [2.05, 4.69) is 5.32 Å². The molecule has 0 spiro atoms. The van der Waals surface area contributed by atoms with Crippen LogP contribution < -0.4 is 14.8 Å². The van der Waals surface area contributed by atoms with Gasteiger partial charge in [-0.1, -0.05) is 0 Å². The predicted molar refractivity (Wildman–Crippen MR) is 81.9 cm³/mol. The zero-order chi connectivity index (χ0) is 17.2. The molecule has 0 saturated heterocycles. The van der Waals surface area contributed by atoms with Crippen molar-refractivity contribution in [2.24, 2.45) is 0 Å². The van der Waals surface area contributed by atoms with Crippen LogP contribution in [-0.4, -0.2) is 40.8 Å². The number of fused-ring (bicyclic) bond motifs is 1. The average molecular weight is 323 g/mol. The molecule has 3 N–H and O–H groups in total. The van der Waals surface area contributed by atoms with Crippen LogP contribution in [0.1, 0.15) is 32.3 Å². The number of rotatable bonds is 5. The summed E-state index contributed by atoms with van der Waals surface area (Å²) in [5.74, 6) is -0.550. The lowest BCUT2D eigenvalue weighted by Crippen LogP contribution is -2.45. The molecule has 1 aliphatic heterocycles. The lowest BCUT2D eigenvalue weighted by Gasteiger charge is -2.35. The zero-order valence-corrected chi connectivity index (χ0v) is 13.4. The maximum Gasteiger partial charge on any atom is 0.325 e. The molecule has 126 valence electrons. The summed E-state index contributed by atoms with van der Waals surface area (Å²) in [6, 6.07) is 2.25. The van der Waals surface area contributed by atoms with Gasteiger partial charge in [0.2, 0.25) is 5.91 Å². The van der Waals surface area contributed by atoms with Gasteiger partial charge in [-0.3, -0.25) is 9.59 Å². The largest absolute Gasteiger partial charge is 0.504 e. The second-order valence-electron chi connectivity index (χ2n) is 5.99. The zero-order valence-electron chi connectivity index (χ0n) is 13.4. The Kier molecular flexibility index (Phi) is 4.68. The molecule has 23 heavy (non-hydrogen) atoms. The quantitative estimate of drug-likeness (QED) is 0.758. The third-order valence-corrected chi connectivity index (χ3v) is 3.92. The minimum absolute atomic E-state index is 0.0477. The normalized spacial score (nSPS) is 20.8. The van der Waals surface area contributed by atoms with Gasteiger partial charge in [-0.25, -0.2) is 0 Å². The molecule has 7 nitrogen and oxygen atoms in total. The number of nitrogens with one attached hydrogen (secondary N) is 1. The van der Waals surface area contributed by atoms with Crippen molar-refractivity contribution < 1.29 is 29.3 Å². The molecule has 0 fully saturated rings. The molecule has 1 heterocycles. The van der Waals surface area contributed by atoms with Crippen LogP contribution in [0.3, 0.4) is 0 Å². The summed E-state index contributed by atoms with van der Waals surface area (Å²) in [7, 11) is 1.45. The smallest absolute Gasteiger partial charge is 0.325 e. The number of phenolic OH excluding ortho intramolecular Hbond substituents is 1. The van der Waals surface area contributed by atoms with Gasteiger partial charge >= 0.3 is 5.97 Å². The van der Waals surface area contributed by atoms with Gasteiger partial charge in [-0.05, 0) is 38.3 Å². The first kappa shape index (κ1) is 16.9. The number of hydrogen-bond donors (Lipinski definition) is 3. The summed E-state index contributed by atoms with van der Waals surface area (Å²) in [5.41, 5.74) is 0.109. The Labute approximate surface area is 134 Å². The minimum atomic E-state index is -1.08. The lowest BCUT2D eigenvalue weighted by molar-refractivity contribution is -0.142. The molecule has 7 heteroatoms. The third-order valence-electron chi connectivity index (χ3n) is 3.92. The fourth-order valence-electron chi connectivity index (χ4n) is 2.58. The van der Waals surface area contributed by atoms with Crippen LogP contribution in [-0.2, 0) is 16.0 Å². The van der Waals surface area contributed by atoms with E-state index in [-0.39, 0.29) is 18.1 Å². The third kappa shape index (κ3) is 3.85. The van der Waals surface area contributed by atoms with E-state index in [0.29, 0.717) is 24.3 Å². The maximum atomic E-state index is 12.0. The molecule has 1 aliphatic rings. The Morgan fingerprint density at radius 3 is 2.78 bits per heavy atom. The van der Waals surface area contributed by atoms with Crippen LogP contribution >= 0.6 is 0 Å². The fraction of sp³-hybridized carbons (Fsp3) is 0.500. The number of aryl methyl sites for hydroxylation is 1. The van der Waals surface area contributed by atoms with Crippen LogP contribution in [0.25, 0.3) is 0 Å². The molecule has 0 aromatic heterocycles. The highest BCUT2D eigenvalue weighted by atomic mass is 16.5. The summed E-state index contributed by atoms with van der Waals surface area (Å²) in [4.78, 5) is 22.8. The van der Waals surface area contributed by atoms with Crippen molar-refractivity contribution in [1.29, 1.82) is 0 Å². The van der Waals surface area contributed by atoms with Crippen molar-refractivity contribution in [2.75, 3.05) is 7.11 Å². The van der Waals surface area contributed by atoms with Crippen molar-refractivity contribution in [1.82, 2.24) is 5.32 Å². The number of ether oxygens (including phenoxy) is 2. The minimum Gasteiger partial charge on any atom is -0.504 e. The average Bonchev–Trinajstić information content (AvgIpc) is 2.46. The van der Waals surface area contributed by atoms with Gasteiger partial charge in [0, 0.05) is 6.07 Å². The van der Waals surface area contributed by atoms with E-state index < -0.39 is 17.6 Å². The van der Waals surface area contributed by atoms with Gasteiger partial charge in [-0.2, -0.15) is 0 Å². The predicted octanol–water partition coefficient (Wildman–Crippen LogP) is 1.46. The number of aromatic hydroxyl groups is 1. The molecule has 2 rings (SSSR count). The highest BCUT2D eigenvalue weighted by molar-refractivity contribution is 5.83. The monoisotopic (exact) mass is 323 g/mol. The number of hydrogen-bond acceptors (Lipinski definition) is 5. The van der Waals surface area contributed by atoms with Gasteiger partial charge in [-0.15, -0.1) is 0 Å². The molecule has 1 aromatic carbocycles. The fourth-order valence-corrected chi connectivity index (χ4v) is 2.58. The number of carbonyl (C=O) groups is 2. The second kappa shape index (κ2) is 6.36. The summed E-state index contributed by atoms with van der Waals surface area (Å²) in [6.07, 6.45) is 1.28. The van der Waals surface area contributed by atoms with Crippen molar-refractivity contribution in [3.63, 3.8) is 0 Å². The van der Waals surface area contributed by atoms with Crippen molar-refractivity contribution in [3.8, 4) is 17.2 Å². The summed E-state index contributed by atoms with van der Waals surface area (Å²) >= 11 is 0. The summed E-state index contributed by atoms with van der Waals surface area (Å²) in [6.45, 7) is 3.22. The first-order chi connectivity index (χ1) is 10.7. The molecule has 1 unspecified atom stereocenters. The Morgan fingerprint density at radius 2 is 2.17 bits per heavy atom. The number of amides is 1. The molecular weight excluding hydrogens is 302 g/mol. The molecule has 0 radical (unpaired) electrons. The van der Waals surface area contributed by atoms with E-state index in [1.54, 1.807) is 19.1 Å². The highest BCUT2D eigenvalue weighted by Crippen LogP contribution is 2.41. The van der Waals surface area contributed by atoms with Crippen molar-refractivity contribution in [2.45, 2.75) is 44.8 Å². The molecule has 2 atom stereocenters. The number of phenols is 1. The van der Waals surface area contributed by atoms with Gasteiger partial charge < -0.3 is 25.0 Å². The molecule has 0 saturated carbocycles. The van der Waals surface area contributed by atoms with Crippen LogP contribution in [0.5, 0.6) is 17.2 Å². The van der Waals surface area contributed by atoms with Crippen LogP contribution in [0, 0.1) is 0 Å². The number of carbonyl (C=O) groups excluding carboxylic acids is 1. The molecule has 0 bridgehead atoms. The second-order valence-corrected chi connectivity index (χ2v) is 5.99. The highest BCUT2D eigenvalue weighted by Gasteiger charge is 2.35. The van der Waals surface area contributed by atoms with E-state index in [4.69, 9.17) is 14.6 Å². The standard InChI is InChI=1S/C16H21NO6/c1-9(15(20)21)17-14(19)8-16(2)5-4-10-6-11(18)13(22-3)7-12(10)23-16/h6-7,9,18H,4-5,8H2,1-3H3,(H,17,19)(H,20,21)/t9-,16?/m0/s1. The number of aliphatic carboxylic acids is 1. The number of methoxy groups -OCH3 is 1. The number of carboxylic acid groups (broad SMARTS) is 1. The number of benzene rings is 1. The van der Waals surface area contributed by atoms with Gasteiger partial charge in [0.25, 0.3) is 0 Å². The van der Waals surface area contributed by atoms with Gasteiger partial charge in [0.05, 0.1) is 13.5 Å². The first-order valence-corrected chi connectivity index (χ1v) is 7.35. The van der Waals surface area contributed by atoms with Crippen LogP contribution in [0.4, 0.5) is 0 Å². The SMILES string of the molecule is COc1cc2c(cc1O)CCC(C)(CC(=O)N[C@@H](C)C(=O)O)O2. The van der Waals surface area contributed by atoms with Gasteiger partial charge in [0.15, 0.2) is 11.5 Å². The Morgan fingerprint density at radius 1 is 1.48 bits per heavy atom. The van der Waals surface area contributed by atoms with Crippen molar-refractivity contribution in [3.05, 3.63) is 17.7 Å². The molecule has 1 amide bonds. The Hall–Kier alpha value is -2.44. The lowest BCUT2D eigenvalue weighted by atomic mass is 9.89. The number of carboxylic acids is 1. The Bertz CT molecular complexity index is 629. The van der Waals surface area contributed by atoms with E-state index >= 15 is 0 Å². The van der Waals surface area contributed by atoms with E-state index in [9.17, 15) is 14.7 Å². The molecular formula is C16H21NO6.